The number of nitrogens with zero attached hydrogens (tertiary/aromatic N) is 2. The van der Waals surface area contributed by atoms with Crippen molar-refractivity contribution in [2.24, 2.45) is 0 Å². The number of amides is 1. The molecule has 1 aliphatic rings. The number of thiazole rings is 1. The van der Waals surface area contributed by atoms with Crippen LogP contribution >= 0.6 is 11.3 Å². The molecule has 0 bridgehead atoms. The predicted octanol–water partition coefficient (Wildman–Crippen LogP) is 3.10. The topological polar surface area (TPSA) is 45.2 Å². The molecule has 0 spiro atoms. The fourth-order valence-corrected chi connectivity index (χ4v) is 3.82. The average molecular weight is 329 g/mol. The van der Waals surface area contributed by atoms with Gasteiger partial charge in [-0.05, 0) is 24.8 Å². The van der Waals surface area contributed by atoms with Crippen molar-refractivity contribution in [1.82, 2.24) is 15.2 Å². The summed E-state index contributed by atoms with van der Waals surface area (Å²) in [6.07, 6.45) is 2.83. The van der Waals surface area contributed by atoms with E-state index in [1.165, 1.54) is 16.9 Å². The first kappa shape index (κ1) is 16.1. The molecule has 0 saturated carbocycles. The summed E-state index contributed by atoms with van der Waals surface area (Å²) < 4.78 is 0. The van der Waals surface area contributed by atoms with Crippen LogP contribution in [0.15, 0.2) is 35.8 Å². The lowest BCUT2D eigenvalue weighted by Gasteiger charge is -2.32. The van der Waals surface area contributed by atoms with E-state index in [2.05, 4.69) is 45.5 Å². The quantitative estimate of drug-likeness (QED) is 0.917. The van der Waals surface area contributed by atoms with Crippen LogP contribution in [0.4, 0.5) is 0 Å². The highest BCUT2D eigenvalue weighted by Gasteiger charge is 2.22. The van der Waals surface area contributed by atoms with Crippen LogP contribution in [0.25, 0.3) is 0 Å². The number of benzene rings is 1. The number of likely N-dealkylation sites (tertiary alicyclic amines) is 1. The van der Waals surface area contributed by atoms with Gasteiger partial charge in [-0.1, -0.05) is 37.3 Å². The normalized spacial score (nSPS) is 16.4. The Kier molecular flexibility index (Phi) is 5.41. The number of carbonyl (C=O) groups excluding carboxylic acids is 1. The standard InChI is InChI=1S/C18H23N3OS/c1-2-16-17(23-13-19-16)18(22)20-15-8-10-21(11-9-15)12-14-6-4-3-5-7-14/h3-7,13,15H,2,8-12H2,1H3,(H,20,22). The minimum atomic E-state index is 0.0471. The third kappa shape index (κ3) is 4.18. The van der Waals surface area contributed by atoms with Gasteiger partial charge in [0.15, 0.2) is 0 Å². The molecule has 1 fully saturated rings. The third-order valence-corrected chi connectivity index (χ3v) is 5.22. The van der Waals surface area contributed by atoms with E-state index in [0.717, 1.165) is 49.5 Å². The second kappa shape index (κ2) is 7.70. The number of hydrogen-bond donors (Lipinski definition) is 1. The molecule has 3 rings (SSSR count). The molecule has 1 aromatic carbocycles. The van der Waals surface area contributed by atoms with E-state index in [0.29, 0.717) is 0 Å². The molecule has 0 unspecified atom stereocenters. The van der Waals surface area contributed by atoms with Crippen LogP contribution in [0, 0.1) is 0 Å². The van der Waals surface area contributed by atoms with Crippen LogP contribution < -0.4 is 5.32 Å². The Morgan fingerprint density at radius 3 is 2.74 bits per heavy atom. The van der Waals surface area contributed by atoms with Crippen LogP contribution in [-0.2, 0) is 13.0 Å². The van der Waals surface area contributed by atoms with Crippen molar-refractivity contribution >= 4 is 17.2 Å². The summed E-state index contributed by atoms with van der Waals surface area (Å²) in [5.41, 5.74) is 4.03. The average Bonchev–Trinajstić information content (AvgIpc) is 3.06. The SMILES string of the molecule is CCc1ncsc1C(=O)NC1CCN(Cc2ccccc2)CC1. The first-order valence-corrected chi connectivity index (χ1v) is 9.13. The molecule has 2 aromatic rings. The van der Waals surface area contributed by atoms with Crippen molar-refractivity contribution in [3.63, 3.8) is 0 Å². The molecule has 23 heavy (non-hydrogen) atoms. The number of aryl methyl sites for hydroxylation is 1. The third-order valence-electron chi connectivity index (χ3n) is 4.35. The molecule has 2 heterocycles. The second-order valence-corrected chi connectivity index (χ2v) is 6.85. The van der Waals surface area contributed by atoms with Crippen molar-refractivity contribution in [2.45, 2.75) is 38.8 Å². The summed E-state index contributed by atoms with van der Waals surface area (Å²) in [7, 11) is 0. The summed E-state index contributed by atoms with van der Waals surface area (Å²) >= 11 is 1.44. The molecule has 1 amide bonds. The minimum absolute atomic E-state index is 0.0471. The van der Waals surface area contributed by atoms with Gasteiger partial charge in [-0.25, -0.2) is 4.98 Å². The van der Waals surface area contributed by atoms with Gasteiger partial charge in [-0.2, -0.15) is 0 Å². The van der Waals surface area contributed by atoms with Crippen LogP contribution in [0.2, 0.25) is 0 Å². The second-order valence-electron chi connectivity index (χ2n) is 5.99. The number of piperidine rings is 1. The van der Waals surface area contributed by atoms with Crippen LogP contribution in [0.3, 0.4) is 0 Å². The maximum Gasteiger partial charge on any atom is 0.263 e. The molecule has 5 heteroatoms. The molecule has 0 atom stereocenters. The first-order chi connectivity index (χ1) is 11.3. The van der Waals surface area contributed by atoms with E-state index in [9.17, 15) is 4.79 Å². The fraction of sp³-hybridized carbons (Fsp3) is 0.444. The maximum absolute atomic E-state index is 12.4. The molecule has 1 saturated heterocycles. The Bertz CT molecular complexity index is 633. The Morgan fingerprint density at radius 2 is 2.04 bits per heavy atom. The smallest absolute Gasteiger partial charge is 0.263 e. The molecule has 0 radical (unpaired) electrons. The van der Waals surface area contributed by atoms with E-state index in [4.69, 9.17) is 0 Å². The largest absolute Gasteiger partial charge is 0.348 e. The highest BCUT2D eigenvalue weighted by Crippen LogP contribution is 2.17. The van der Waals surface area contributed by atoms with Crippen molar-refractivity contribution in [3.8, 4) is 0 Å². The Balaban J connectivity index is 1.48. The van der Waals surface area contributed by atoms with E-state index < -0.39 is 0 Å². The molecule has 4 nitrogen and oxygen atoms in total. The van der Waals surface area contributed by atoms with E-state index in [-0.39, 0.29) is 11.9 Å². The number of aromatic nitrogens is 1. The van der Waals surface area contributed by atoms with Crippen molar-refractivity contribution < 1.29 is 4.79 Å². The molecular formula is C18H23N3OS. The number of hydrogen-bond acceptors (Lipinski definition) is 4. The lowest BCUT2D eigenvalue weighted by molar-refractivity contribution is 0.0912. The first-order valence-electron chi connectivity index (χ1n) is 8.25. The van der Waals surface area contributed by atoms with Gasteiger partial charge in [0.2, 0.25) is 0 Å². The van der Waals surface area contributed by atoms with Gasteiger partial charge in [-0.3, -0.25) is 9.69 Å². The maximum atomic E-state index is 12.4. The van der Waals surface area contributed by atoms with E-state index in [1.54, 1.807) is 5.51 Å². The Morgan fingerprint density at radius 1 is 1.30 bits per heavy atom. The zero-order chi connectivity index (χ0) is 16.1. The van der Waals surface area contributed by atoms with Gasteiger partial charge in [0.25, 0.3) is 5.91 Å². The Hall–Kier alpha value is -1.72. The van der Waals surface area contributed by atoms with E-state index >= 15 is 0 Å². The van der Waals surface area contributed by atoms with Gasteiger partial charge >= 0.3 is 0 Å². The molecule has 122 valence electrons. The van der Waals surface area contributed by atoms with Crippen LogP contribution in [0.1, 0.15) is 40.7 Å². The zero-order valence-electron chi connectivity index (χ0n) is 13.5. The van der Waals surface area contributed by atoms with Gasteiger partial charge in [0, 0.05) is 25.7 Å². The minimum Gasteiger partial charge on any atom is -0.348 e. The van der Waals surface area contributed by atoms with Gasteiger partial charge < -0.3 is 5.32 Å². The predicted molar refractivity (Wildman–Crippen MR) is 93.7 cm³/mol. The molecular weight excluding hydrogens is 306 g/mol. The Labute approximate surface area is 141 Å². The highest BCUT2D eigenvalue weighted by molar-refractivity contribution is 7.11. The summed E-state index contributed by atoms with van der Waals surface area (Å²) in [4.78, 5) is 19.9. The summed E-state index contributed by atoms with van der Waals surface area (Å²) in [5.74, 6) is 0.0471. The van der Waals surface area contributed by atoms with Gasteiger partial charge in [0.05, 0.1) is 11.2 Å². The number of carbonyl (C=O) groups is 1. The monoisotopic (exact) mass is 329 g/mol. The van der Waals surface area contributed by atoms with E-state index in [1.807, 2.05) is 6.92 Å². The number of nitrogens with one attached hydrogen (secondary N) is 1. The van der Waals surface area contributed by atoms with Crippen molar-refractivity contribution in [3.05, 3.63) is 52.0 Å². The molecule has 1 aliphatic heterocycles. The molecule has 0 aliphatic carbocycles. The summed E-state index contributed by atoms with van der Waals surface area (Å²) in [5, 5.41) is 3.19. The fourth-order valence-electron chi connectivity index (χ4n) is 3.03. The van der Waals surface area contributed by atoms with Crippen LogP contribution in [0.5, 0.6) is 0 Å². The lowest BCUT2D eigenvalue weighted by Crippen LogP contribution is -2.44. The number of rotatable bonds is 5. The van der Waals surface area contributed by atoms with Gasteiger partial charge in [-0.15, -0.1) is 11.3 Å². The molecule has 1 N–H and O–H groups in total. The highest BCUT2D eigenvalue weighted by atomic mass is 32.1. The van der Waals surface area contributed by atoms with Crippen LogP contribution in [-0.4, -0.2) is 34.9 Å². The van der Waals surface area contributed by atoms with Crippen molar-refractivity contribution in [2.75, 3.05) is 13.1 Å². The van der Waals surface area contributed by atoms with Crippen molar-refractivity contribution in [1.29, 1.82) is 0 Å². The lowest BCUT2D eigenvalue weighted by atomic mass is 10.0. The van der Waals surface area contributed by atoms with Gasteiger partial charge in [0.1, 0.15) is 4.88 Å². The molecule has 1 aromatic heterocycles. The summed E-state index contributed by atoms with van der Waals surface area (Å²) in [6.45, 7) is 5.09. The summed E-state index contributed by atoms with van der Waals surface area (Å²) in [6, 6.07) is 10.8. The zero-order valence-corrected chi connectivity index (χ0v) is 14.3.